The van der Waals surface area contributed by atoms with Crippen LogP contribution in [0.5, 0.6) is 0 Å². The molecular formula is C20H19ClN4O. The highest BCUT2D eigenvalue weighted by molar-refractivity contribution is 6.33. The Kier molecular flexibility index (Phi) is 5.49. The maximum atomic E-state index is 12.6. The molecule has 0 aliphatic heterocycles. The van der Waals surface area contributed by atoms with E-state index in [0.29, 0.717) is 28.0 Å². The minimum absolute atomic E-state index is 0.126. The molecule has 0 radical (unpaired) electrons. The fourth-order valence-corrected chi connectivity index (χ4v) is 2.70. The number of carbonyl (C=O) groups is 1. The number of aryl methyl sites for hydroxylation is 1. The van der Waals surface area contributed by atoms with Gasteiger partial charge in [0.25, 0.3) is 5.91 Å². The topological polar surface area (TPSA) is 66.9 Å². The summed E-state index contributed by atoms with van der Waals surface area (Å²) >= 11 is 6.16. The number of carbonyl (C=O) groups excluding carboxylic acids is 1. The van der Waals surface area contributed by atoms with Crippen molar-refractivity contribution in [2.24, 2.45) is 0 Å². The molecule has 3 aromatic rings. The van der Waals surface area contributed by atoms with Gasteiger partial charge in [0.05, 0.1) is 16.8 Å². The molecule has 1 heterocycles. The van der Waals surface area contributed by atoms with Crippen molar-refractivity contribution >= 4 is 29.1 Å². The van der Waals surface area contributed by atoms with Crippen LogP contribution in [0.2, 0.25) is 5.02 Å². The van der Waals surface area contributed by atoms with Crippen LogP contribution in [0.15, 0.2) is 60.7 Å². The molecule has 5 nitrogen and oxygen atoms in total. The Morgan fingerprint density at radius 3 is 2.46 bits per heavy atom. The molecular weight excluding hydrogens is 348 g/mol. The predicted molar refractivity (Wildman–Crippen MR) is 104 cm³/mol. The molecule has 1 unspecified atom stereocenters. The third kappa shape index (κ3) is 4.37. The van der Waals surface area contributed by atoms with Crippen molar-refractivity contribution in [1.82, 2.24) is 15.3 Å². The molecule has 6 heteroatoms. The number of nitrogens with zero attached hydrogens (tertiary/aromatic N) is 2. The van der Waals surface area contributed by atoms with E-state index in [0.717, 1.165) is 5.56 Å². The number of hydrogen-bond acceptors (Lipinski definition) is 4. The predicted octanol–water partition coefficient (Wildman–Crippen LogP) is 4.67. The summed E-state index contributed by atoms with van der Waals surface area (Å²) in [4.78, 5) is 21.2. The number of hydrogen-bond donors (Lipinski definition) is 2. The van der Waals surface area contributed by atoms with Gasteiger partial charge in [-0.05, 0) is 37.6 Å². The molecule has 2 aromatic carbocycles. The monoisotopic (exact) mass is 366 g/mol. The van der Waals surface area contributed by atoms with Gasteiger partial charge in [0.15, 0.2) is 0 Å². The van der Waals surface area contributed by atoms with Crippen LogP contribution in [0.4, 0.5) is 11.6 Å². The Bertz CT molecular complexity index is 915. The van der Waals surface area contributed by atoms with Crippen molar-refractivity contribution in [3.63, 3.8) is 0 Å². The van der Waals surface area contributed by atoms with Gasteiger partial charge in [-0.25, -0.2) is 9.97 Å². The number of benzene rings is 2. The minimum Gasteiger partial charge on any atom is -0.344 e. The van der Waals surface area contributed by atoms with Crippen molar-refractivity contribution in [2.75, 3.05) is 5.32 Å². The van der Waals surface area contributed by atoms with Crippen LogP contribution in [0.25, 0.3) is 0 Å². The van der Waals surface area contributed by atoms with E-state index >= 15 is 0 Å². The van der Waals surface area contributed by atoms with Crippen molar-refractivity contribution < 1.29 is 4.79 Å². The van der Waals surface area contributed by atoms with Crippen molar-refractivity contribution in [1.29, 1.82) is 0 Å². The number of rotatable bonds is 5. The van der Waals surface area contributed by atoms with Crippen LogP contribution in [-0.4, -0.2) is 15.9 Å². The molecule has 0 saturated heterocycles. The summed E-state index contributed by atoms with van der Waals surface area (Å²) in [5.74, 6) is 0.0738. The lowest BCUT2D eigenvalue weighted by molar-refractivity contribution is 0.0934. The van der Waals surface area contributed by atoms with E-state index in [4.69, 9.17) is 11.6 Å². The molecule has 1 aromatic heterocycles. The Morgan fingerprint density at radius 2 is 1.73 bits per heavy atom. The van der Waals surface area contributed by atoms with E-state index in [2.05, 4.69) is 20.6 Å². The summed E-state index contributed by atoms with van der Waals surface area (Å²) in [6.45, 7) is 3.75. The van der Waals surface area contributed by atoms with Crippen LogP contribution in [-0.2, 0) is 0 Å². The Hall–Kier alpha value is -2.92. The van der Waals surface area contributed by atoms with E-state index < -0.39 is 0 Å². The van der Waals surface area contributed by atoms with Gasteiger partial charge >= 0.3 is 0 Å². The quantitative estimate of drug-likeness (QED) is 0.688. The first-order valence-corrected chi connectivity index (χ1v) is 8.64. The zero-order valence-electron chi connectivity index (χ0n) is 14.5. The van der Waals surface area contributed by atoms with Gasteiger partial charge in [-0.3, -0.25) is 4.79 Å². The number of anilines is 2. The number of nitrogens with one attached hydrogen (secondary N) is 2. The fraction of sp³-hybridized carbons (Fsp3) is 0.150. The van der Waals surface area contributed by atoms with E-state index in [9.17, 15) is 4.79 Å². The highest BCUT2D eigenvalue weighted by Crippen LogP contribution is 2.23. The smallest absolute Gasteiger partial charge is 0.270 e. The lowest BCUT2D eigenvalue weighted by Gasteiger charge is -2.15. The average Bonchev–Trinajstić information content (AvgIpc) is 2.64. The second-order valence-corrected chi connectivity index (χ2v) is 6.34. The van der Waals surface area contributed by atoms with Crippen molar-refractivity contribution in [3.05, 3.63) is 82.6 Å². The summed E-state index contributed by atoms with van der Waals surface area (Å²) in [5, 5.41) is 6.57. The fourth-order valence-electron chi connectivity index (χ4n) is 2.52. The second-order valence-electron chi connectivity index (χ2n) is 5.93. The SMILES string of the molecule is Cc1cc(C(=O)NC(C)c2ccccc2)nc(Nc2ccccc2Cl)n1. The van der Waals surface area contributed by atoms with Crippen molar-refractivity contribution in [3.8, 4) is 0 Å². The van der Waals surface area contributed by atoms with Crippen LogP contribution in [0.3, 0.4) is 0 Å². The number of aromatic nitrogens is 2. The molecule has 0 saturated carbocycles. The molecule has 0 aliphatic carbocycles. The summed E-state index contributed by atoms with van der Waals surface area (Å²) in [7, 11) is 0. The zero-order valence-corrected chi connectivity index (χ0v) is 15.3. The molecule has 0 bridgehead atoms. The minimum atomic E-state index is -0.255. The number of amides is 1. The largest absolute Gasteiger partial charge is 0.344 e. The van der Waals surface area contributed by atoms with Crippen LogP contribution in [0, 0.1) is 6.92 Å². The first-order valence-electron chi connectivity index (χ1n) is 8.26. The molecule has 26 heavy (non-hydrogen) atoms. The Balaban J connectivity index is 1.78. The van der Waals surface area contributed by atoms with E-state index in [1.807, 2.05) is 62.4 Å². The molecule has 0 aliphatic rings. The van der Waals surface area contributed by atoms with Gasteiger partial charge in [-0.2, -0.15) is 0 Å². The zero-order chi connectivity index (χ0) is 18.5. The highest BCUT2D eigenvalue weighted by atomic mass is 35.5. The average molecular weight is 367 g/mol. The summed E-state index contributed by atoms with van der Waals surface area (Å²) in [5.41, 5.74) is 2.70. The Labute approximate surface area is 157 Å². The molecule has 2 N–H and O–H groups in total. The summed E-state index contributed by atoms with van der Waals surface area (Å²) < 4.78 is 0. The van der Waals surface area contributed by atoms with E-state index in [1.165, 1.54) is 0 Å². The first kappa shape index (κ1) is 17.9. The molecule has 132 valence electrons. The first-order chi connectivity index (χ1) is 12.5. The van der Waals surface area contributed by atoms with E-state index in [1.54, 1.807) is 12.1 Å². The van der Waals surface area contributed by atoms with Gasteiger partial charge in [-0.1, -0.05) is 54.1 Å². The van der Waals surface area contributed by atoms with Crippen LogP contribution in [0.1, 0.15) is 34.7 Å². The van der Waals surface area contributed by atoms with Crippen LogP contribution < -0.4 is 10.6 Å². The lowest BCUT2D eigenvalue weighted by Crippen LogP contribution is -2.27. The summed E-state index contributed by atoms with van der Waals surface area (Å²) in [6.07, 6.45) is 0. The maximum Gasteiger partial charge on any atom is 0.270 e. The number of para-hydroxylation sites is 1. The molecule has 1 atom stereocenters. The van der Waals surface area contributed by atoms with Crippen molar-refractivity contribution in [2.45, 2.75) is 19.9 Å². The van der Waals surface area contributed by atoms with Gasteiger partial charge in [0, 0.05) is 5.69 Å². The van der Waals surface area contributed by atoms with Gasteiger partial charge < -0.3 is 10.6 Å². The van der Waals surface area contributed by atoms with Crippen LogP contribution >= 0.6 is 11.6 Å². The maximum absolute atomic E-state index is 12.6. The highest BCUT2D eigenvalue weighted by Gasteiger charge is 2.15. The summed E-state index contributed by atoms with van der Waals surface area (Å²) in [6, 6.07) is 18.6. The van der Waals surface area contributed by atoms with Gasteiger partial charge in [0.2, 0.25) is 5.95 Å². The molecule has 3 rings (SSSR count). The second kappa shape index (κ2) is 7.97. The lowest BCUT2D eigenvalue weighted by atomic mass is 10.1. The Morgan fingerprint density at radius 1 is 1.04 bits per heavy atom. The number of halogens is 1. The molecule has 0 spiro atoms. The molecule has 0 fully saturated rings. The normalized spacial score (nSPS) is 11.7. The van der Waals surface area contributed by atoms with Gasteiger partial charge in [0.1, 0.15) is 5.69 Å². The third-order valence-corrected chi connectivity index (χ3v) is 4.18. The molecule has 1 amide bonds. The standard InChI is InChI=1S/C20H19ClN4O/c1-13-12-18(19(26)23-14(2)15-8-4-3-5-9-15)25-20(22-13)24-17-11-7-6-10-16(17)21/h3-12,14H,1-2H3,(H,23,26)(H,22,24,25). The van der Waals surface area contributed by atoms with Gasteiger partial charge in [-0.15, -0.1) is 0 Å². The van der Waals surface area contributed by atoms with E-state index in [-0.39, 0.29) is 11.9 Å². The third-order valence-electron chi connectivity index (χ3n) is 3.85.